The molecule has 174 valence electrons. The summed E-state index contributed by atoms with van der Waals surface area (Å²) in [6.07, 6.45) is 0.920. The Morgan fingerprint density at radius 2 is 2.03 bits per heavy atom. The molecule has 1 atom stereocenters. The van der Waals surface area contributed by atoms with E-state index in [4.69, 9.17) is 11.6 Å². The first-order valence-corrected chi connectivity index (χ1v) is 11.6. The van der Waals surface area contributed by atoms with Crippen LogP contribution in [0, 0.1) is 11.3 Å². The highest BCUT2D eigenvalue weighted by molar-refractivity contribution is 6.36. The minimum absolute atomic E-state index is 0.123. The van der Waals surface area contributed by atoms with Crippen LogP contribution in [0.3, 0.4) is 0 Å². The van der Waals surface area contributed by atoms with Crippen LogP contribution >= 0.6 is 11.6 Å². The second kappa shape index (κ2) is 8.99. The summed E-state index contributed by atoms with van der Waals surface area (Å²) in [5.74, 6) is -0.893. The molecule has 9 heteroatoms. The first-order chi connectivity index (χ1) is 16.5. The van der Waals surface area contributed by atoms with Gasteiger partial charge in [-0.25, -0.2) is 4.39 Å². The lowest BCUT2D eigenvalue weighted by Gasteiger charge is -2.41. The molecule has 1 saturated heterocycles. The molecule has 2 aliphatic rings. The van der Waals surface area contributed by atoms with Gasteiger partial charge in [-0.05, 0) is 23.9 Å². The van der Waals surface area contributed by atoms with Crippen molar-refractivity contribution >= 4 is 39.8 Å². The van der Waals surface area contributed by atoms with E-state index in [0.29, 0.717) is 26.2 Å². The van der Waals surface area contributed by atoms with Gasteiger partial charge < -0.3 is 14.7 Å². The Labute approximate surface area is 202 Å². The number of aromatic amines is 1. The number of nitrogens with zero attached hydrogens (tertiary/aromatic N) is 5. The molecule has 0 unspecified atom stereocenters. The number of H-pyrrole nitrogens is 1. The van der Waals surface area contributed by atoms with Gasteiger partial charge in [0, 0.05) is 42.8 Å². The Morgan fingerprint density at radius 1 is 1.24 bits per heavy atom. The van der Waals surface area contributed by atoms with Crippen LogP contribution in [-0.4, -0.2) is 53.2 Å². The standard InChI is InChI=1S/C25H24ClFN6O/c1-16(27)25(34)33-13-12-32(14-18(33)8-10-28)24-19-9-11-31(15-21(19)29-30-24)22-7-3-5-17-4-2-6-20(26)23(17)22/h2-7,18H,1,8-9,11-15H2,(H,29,30)/t18-/m0/s1. The molecule has 34 heavy (non-hydrogen) atoms. The summed E-state index contributed by atoms with van der Waals surface area (Å²) in [7, 11) is 0. The Balaban J connectivity index is 1.38. The van der Waals surface area contributed by atoms with Crippen molar-refractivity contribution in [1.29, 1.82) is 5.26 Å². The van der Waals surface area contributed by atoms with Gasteiger partial charge in [-0.2, -0.15) is 10.4 Å². The van der Waals surface area contributed by atoms with Crippen LogP contribution in [0.1, 0.15) is 17.7 Å². The average molecular weight is 479 g/mol. The second-order valence-electron chi connectivity index (χ2n) is 8.66. The van der Waals surface area contributed by atoms with Crippen LogP contribution < -0.4 is 9.80 Å². The summed E-state index contributed by atoms with van der Waals surface area (Å²) in [6, 6.07) is 13.8. The molecule has 2 aliphatic heterocycles. The topological polar surface area (TPSA) is 79.3 Å². The summed E-state index contributed by atoms with van der Waals surface area (Å²) < 4.78 is 13.5. The Hall–Kier alpha value is -3.57. The van der Waals surface area contributed by atoms with Crippen molar-refractivity contribution in [2.45, 2.75) is 25.4 Å². The van der Waals surface area contributed by atoms with Crippen molar-refractivity contribution in [1.82, 2.24) is 15.1 Å². The number of piperazine rings is 1. The number of rotatable bonds is 4. The Bertz CT molecular complexity index is 1310. The predicted molar refractivity (Wildman–Crippen MR) is 130 cm³/mol. The van der Waals surface area contributed by atoms with Crippen molar-refractivity contribution in [3.8, 4) is 6.07 Å². The monoisotopic (exact) mass is 478 g/mol. The highest BCUT2D eigenvalue weighted by Gasteiger charge is 2.34. The number of anilines is 2. The molecule has 3 heterocycles. The number of benzene rings is 2. The van der Waals surface area contributed by atoms with Gasteiger partial charge in [0.1, 0.15) is 0 Å². The number of hydrogen-bond acceptors (Lipinski definition) is 5. The van der Waals surface area contributed by atoms with Gasteiger partial charge in [0.2, 0.25) is 0 Å². The Morgan fingerprint density at radius 3 is 2.79 bits per heavy atom. The molecule has 1 N–H and O–H groups in total. The zero-order valence-electron chi connectivity index (χ0n) is 18.6. The largest absolute Gasteiger partial charge is 0.365 e. The van der Waals surface area contributed by atoms with E-state index in [0.717, 1.165) is 51.5 Å². The van der Waals surface area contributed by atoms with E-state index in [1.54, 1.807) is 0 Å². The number of nitriles is 1. The SMILES string of the molecule is C=C(F)C(=O)N1CCN(c2n[nH]c3c2CCN(c2cccc4cccc(Cl)c24)C3)C[C@@H]1CC#N. The van der Waals surface area contributed by atoms with Gasteiger partial charge in [-0.1, -0.05) is 42.4 Å². The maximum atomic E-state index is 13.5. The van der Waals surface area contributed by atoms with Crippen molar-refractivity contribution in [2.75, 3.05) is 36.0 Å². The number of amides is 1. The first-order valence-electron chi connectivity index (χ1n) is 11.2. The van der Waals surface area contributed by atoms with Crippen LogP contribution in [0.5, 0.6) is 0 Å². The summed E-state index contributed by atoms with van der Waals surface area (Å²) in [5.41, 5.74) is 3.28. The minimum Gasteiger partial charge on any atom is -0.365 e. The highest BCUT2D eigenvalue weighted by Crippen LogP contribution is 2.36. The number of carbonyl (C=O) groups is 1. The average Bonchev–Trinajstić information content (AvgIpc) is 3.27. The first kappa shape index (κ1) is 22.2. The molecular formula is C25H24ClFN6O. The van der Waals surface area contributed by atoms with Crippen molar-refractivity contribution in [3.05, 3.63) is 65.1 Å². The quantitative estimate of drug-likeness (QED) is 0.569. The molecule has 1 amide bonds. The lowest BCUT2D eigenvalue weighted by Crippen LogP contribution is -2.55. The third-order valence-corrected chi connectivity index (χ3v) is 7.00. The van der Waals surface area contributed by atoms with Crippen LogP contribution in [-0.2, 0) is 17.8 Å². The number of aromatic nitrogens is 2. The lowest BCUT2D eigenvalue weighted by molar-refractivity contribution is -0.131. The number of hydrogen-bond donors (Lipinski definition) is 1. The highest BCUT2D eigenvalue weighted by atomic mass is 35.5. The van der Waals surface area contributed by atoms with E-state index < -0.39 is 17.8 Å². The van der Waals surface area contributed by atoms with E-state index in [1.807, 2.05) is 18.2 Å². The minimum atomic E-state index is -0.998. The zero-order chi connectivity index (χ0) is 23.8. The van der Waals surface area contributed by atoms with E-state index >= 15 is 0 Å². The summed E-state index contributed by atoms with van der Waals surface area (Å²) >= 11 is 6.55. The molecule has 0 spiro atoms. The van der Waals surface area contributed by atoms with E-state index in [2.05, 4.69) is 50.8 Å². The fourth-order valence-corrected chi connectivity index (χ4v) is 5.34. The van der Waals surface area contributed by atoms with Crippen LogP contribution in [0.2, 0.25) is 5.02 Å². The molecule has 0 saturated carbocycles. The molecular weight excluding hydrogens is 455 g/mol. The van der Waals surface area contributed by atoms with Crippen molar-refractivity contribution < 1.29 is 9.18 Å². The van der Waals surface area contributed by atoms with Gasteiger partial charge in [0.05, 0.1) is 35.8 Å². The van der Waals surface area contributed by atoms with Gasteiger partial charge in [-0.3, -0.25) is 9.89 Å². The third kappa shape index (κ3) is 3.86. The fraction of sp³-hybridized carbons (Fsp3) is 0.320. The van der Waals surface area contributed by atoms with Crippen molar-refractivity contribution in [3.63, 3.8) is 0 Å². The zero-order valence-corrected chi connectivity index (χ0v) is 19.4. The lowest BCUT2D eigenvalue weighted by atomic mass is 10.0. The molecule has 1 aromatic heterocycles. The molecule has 5 rings (SSSR count). The van der Waals surface area contributed by atoms with E-state index in [-0.39, 0.29) is 6.42 Å². The number of carbonyl (C=O) groups excluding carboxylic acids is 1. The smallest absolute Gasteiger partial charge is 0.282 e. The number of halogens is 2. The molecule has 0 radical (unpaired) electrons. The van der Waals surface area contributed by atoms with Gasteiger partial charge in [-0.15, -0.1) is 0 Å². The molecule has 0 aliphatic carbocycles. The number of fused-ring (bicyclic) bond motifs is 2. The van der Waals surface area contributed by atoms with Crippen LogP contribution in [0.25, 0.3) is 10.8 Å². The van der Waals surface area contributed by atoms with Gasteiger partial charge >= 0.3 is 0 Å². The van der Waals surface area contributed by atoms with Crippen LogP contribution in [0.4, 0.5) is 15.9 Å². The molecule has 1 fully saturated rings. The molecule has 7 nitrogen and oxygen atoms in total. The molecule has 3 aromatic rings. The molecule has 2 aromatic carbocycles. The Kier molecular flexibility index (Phi) is 5.88. The normalized spacial score (nSPS) is 18.0. The number of nitrogens with one attached hydrogen (secondary N) is 1. The maximum Gasteiger partial charge on any atom is 0.282 e. The second-order valence-corrected chi connectivity index (χ2v) is 9.06. The summed E-state index contributed by atoms with van der Waals surface area (Å²) in [5, 5.41) is 19.9. The fourth-order valence-electron chi connectivity index (χ4n) is 5.06. The van der Waals surface area contributed by atoms with Gasteiger partial charge in [0.25, 0.3) is 5.91 Å². The predicted octanol–water partition coefficient (Wildman–Crippen LogP) is 4.19. The van der Waals surface area contributed by atoms with E-state index in [9.17, 15) is 14.4 Å². The molecule has 0 bridgehead atoms. The van der Waals surface area contributed by atoms with Crippen LogP contribution in [0.15, 0.2) is 48.8 Å². The van der Waals surface area contributed by atoms with Crippen molar-refractivity contribution in [2.24, 2.45) is 0 Å². The maximum absolute atomic E-state index is 13.5. The third-order valence-electron chi connectivity index (χ3n) is 6.69. The van der Waals surface area contributed by atoms with Gasteiger partial charge in [0.15, 0.2) is 11.6 Å². The van der Waals surface area contributed by atoms with E-state index in [1.165, 1.54) is 4.90 Å². The summed E-state index contributed by atoms with van der Waals surface area (Å²) in [4.78, 5) is 18.0. The summed E-state index contributed by atoms with van der Waals surface area (Å²) in [6.45, 7) is 5.86.